The molecule has 1 atom stereocenters. The third-order valence-corrected chi connectivity index (χ3v) is 3.32. The second-order valence-electron chi connectivity index (χ2n) is 3.15. The average Bonchev–Trinajstić information content (AvgIpc) is 2.18. The molecule has 0 bridgehead atoms. The normalized spacial score (nSPS) is 24.9. The summed E-state index contributed by atoms with van der Waals surface area (Å²) in [6, 6.07) is 5.74. The van der Waals surface area contributed by atoms with E-state index in [0.29, 0.717) is 0 Å². The molecule has 0 spiro atoms. The van der Waals surface area contributed by atoms with Crippen LogP contribution in [0, 0.1) is 0 Å². The molecule has 0 aliphatic carbocycles. The summed E-state index contributed by atoms with van der Waals surface area (Å²) >= 11 is -0.129. The summed E-state index contributed by atoms with van der Waals surface area (Å²) in [6.07, 6.45) is -5.24. The largest absolute Gasteiger partial charge is 0.442 e. The van der Waals surface area contributed by atoms with Crippen molar-refractivity contribution >= 4 is 23.4 Å². The molecule has 0 fully saturated rings. The van der Waals surface area contributed by atoms with Crippen molar-refractivity contribution < 1.29 is 22.4 Å². The van der Waals surface area contributed by atoms with E-state index in [1.165, 1.54) is 18.2 Å². The fourth-order valence-corrected chi connectivity index (χ4v) is 2.18. The Morgan fingerprint density at radius 1 is 1.25 bits per heavy atom. The highest BCUT2D eigenvalue weighted by atomic mass is 32.2. The lowest BCUT2D eigenvalue weighted by atomic mass is 10.2. The predicted octanol–water partition coefficient (Wildman–Crippen LogP) is 2.96. The molecule has 2 nitrogen and oxygen atoms in total. The van der Waals surface area contributed by atoms with Gasteiger partial charge in [0.05, 0.1) is 5.69 Å². The molecule has 86 valence electrons. The summed E-state index contributed by atoms with van der Waals surface area (Å²) in [5.41, 5.74) is 0.190. The number of halogens is 4. The Morgan fingerprint density at radius 2 is 1.88 bits per heavy atom. The maximum Gasteiger partial charge on any atom is 0.442 e. The van der Waals surface area contributed by atoms with Crippen LogP contribution in [0.3, 0.4) is 0 Å². The third-order valence-electron chi connectivity index (χ3n) is 2.04. The standard InChI is InChI=1S/C9H5F4NOS/c10-8(9(11,12)13)7(15)14-5-3-1-2-4-6(5)16-8/h1-4H,(H,14,15). The number of rotatable bonds is 0. The van der Waals surface area contributed by atoms with E-state index < -0.39 is 17.1 Å². The molecular formula is C9H5F4NOS. The number of thioether (sulfide) groups is 1. The van der Waals surface area contributed by atoms with E-state index in [1.807, 2.05) is 5.32 Å². The van der Waals surface area contributed by atoms with Crippen LogP contribution in [0.2, 0.25) is 0 Å². The SMILES string of the molecule is O=C1Nc2ccccc2SC1(F)C(F)(F)F. The molecule has 1 N–H and O–H groups in total. The van der Waals surface area contributed by atoms with Gasteiger partial charge in [0.2, 0.25) is 0 Å². The van der Waals surface area contributed by atoms with E-state index in [1.54, 1.807) is 6.07 Å². The Labute approximate surface area is 92.0 Å². The van der Waals surface area contributed by atoms with Crippen LogP contribution in [-0.4, -0.2) is 17.1 Å². The molecule has 1 aliphatic heterocycles. The lowest BCUT2D eigenvalue weighted by molar-refractivity contribution is -0.195. The van der Waals surface area contributed by atoms with E-state index in [2.05, 4.69) is 0 Å². The van der Waals surface area contributed by atoms with Crippen molar-refractivity contribution in [3.8, 4) is 0 Å². The lowest BCUT2D eigenvalue weighted by Gasteiger charge is -2.30. The van der Waals surface area contributed by atoms with Crippen LogP contribution in [-0.2, 0) is 4.79 Å². The Kier molecular flexibility index (Phi) is 2.37. The van der Waals surface area contributed by atoms with Gasteiger partial charge in [-0.25, -0.2) is 4.39 Å². The van der Waals surface area contributed by atoms with Gasteiger partial charge in [-0.1, -0.05) is 23.9 Å². The third kappa shape index (κ3) is 1.55. The smallest absolute Gasteiger partial charge is 0.321 e. The first-order valence-electron chi connectivity index (χ1n) is 4.20. The van der Waals surface area contributed by atoms with Crippen molar-refractivity contribution in [2.24, 2.45) is 0 Å². The summed E-state index contributed by atoms with van der Waals surface area (Å²) in [5.74, 6) is -1.69. The Hall–Kier alpha value is -1.24. The molecule has 0 aromatic heterocycles. The van der Waals surface area contributed by atoms with Crippen molar-refractivity contribution in [3.05, 3.63) is 24.3 Å². The first kappa shape index (κ1) is 11.3. The Balaban J connectivity index is 2.46. The number of hydrogen-bond acceptors (Lipinski definition) is 2. The number of carbonyl (C=O) groups excluding carboxylic acids is 1. The summed E-state index contributed by atoms with van der Waals surface area (Å²) in [6.45, 7) is 0. The fraction of sp³-hybridized carbons (Fsp3) is 0.222. The number of fused-ring (bicyclic) bond motifs is 1. The summed E-state index contributed by atoms with van der Waals surface area (Å²) in [4.78, 5) is 11.2. The molecule has 1 aromatic carbocycles. The zero-order valence-electron chi connectivity index (χ0n) is 7.64. The predicted molar refractivity (Wildman–Crippen MR) is 50.8 cm³/mol. The number of carbonyl (C=O) groups is 1. The number of amides is 1. The van der Waals surface area contributed by atoms with Gasteiger partial charge in [-0.2, -0.15) is 13.2 Å². The van der Waals surface area contributed by atoms with Gasteiger partial charge in [0.15, 0.2) is 0 Å². The highest BCUT2D eigenvalue weighted by Gasteiger charge is 2.64. The van der Waals surface area contributed by atoms with Gasteiger partial charge < -0.3 is 5.32 Å². The van der Waals surface area contributed by atoms with E-state index >= 15 is 0 Å². The van der Waals surface area contributed by atoms with Gasteiger partial charge in [-0.05, 0) is 12.1 Å². The van der Waals surface area contributed by atoms with Crippen LogP contribution in [0.15, 0.2) is 29.2 Å². The minimum Gasteiger partial charge on any atom is -0.321 e. The molecule has 7 heteroatoms. The maximum atomic E-state index is 13.6. The molecular weight excluding hydrogens is 246 g/mol. The number of hydrogen-bond donors (Lipinski definition) is 1. The molecule has 1 heterocycles. The van der Waals surface area contributed by atoms with E-state index in [9.17, 15) is 22.4 Å². The fourth-order valence-electron chi connectivity index (χ4n) is 1.25. The quantitative estimate of drug-likeness (QED) is 0.718. The minimum absolute atomic E-state index is 0.0573. The molecule has 0 saturated carbocycles. The van der Waals surface area contributed by atoms with Crippen molar-refractivity contribution in [1.29, 1.82) is 0 Å². The molecule has 2 rings (SSSR count). The number of nitrogens with one attached hydrogen (secondary N) is 1. The van der Waals surface area contributed by atoms with Crippen LogP contribution in [0.5, 0.6) is 0 Å². The van der Waals surface area contributed by atoms with Gasteiger partial charge in [0, 0.05) is 4.90 Å². The van der Waals surface area contributed by atoms with Crippen LogP contribution in [0.4, 0.5) is 23.2 Å². The molecule has 1 aliphatic rings. The maximum absolute atomic E-state index is 13.6. The topological polar surface area (TPSA) is 29.1 Å². The monoisotopic (exact) mass is 251 g/mol. The zero-order valence-corrected chi connectivity index (χ0v) is 8.45. The van der Waals surface area contributed by atoms with Gasteiger partial charge >= 0.3 is 11.2 Å². The lowest BCUT2D eigenvalue weighted by Crippen LogP contribution is -2.50. The Bertz CT molecular complexity index is 447. The van der Waals surface area contributed by atoms with Crippen LogP contribution in [0.25, 0.3) is 0 Å². The first-order valence-corrected chi connectivity index (χ1v) is 5.01. The van der Waals surface area contributed by atoms with Crippen molar-refractivity contribution in [2.45, 2.75) is 16.1 Å². The summed E-state index contributed by atoms with van der Waals surface area (Å²) in [5, 5.41) is -2.01. The van der Waals surface area contributed by atoms with Crippen molar-refractivity contribution in [2.75, 3.05) is 5.32 Å². The molecule has 16 heavy (non-hydrogen) atoms. The van der Waals surface area contributed by atoms with Crippen molar-refractivity contribution in [1.82, 2.24) is 0 Å². The van der Waals surface area contributed by atoms with E-state index in [-0.39, 0.29) is 22.3 Å². The second kappa shape index (κ2) is 3.38. The van der Waals surface area contributed by atoms with E-state index in [4.69, 9.17) is 0 Å². The van der Waals surface area contributed by atoms with Crippen LogP contribution in [0.1, 0.15) is 0 Å². The van der Waals surface area contributed by atoms with Gasteiger partial charge in [0.1, 0.15) is 0 Å². The summed E-state index contributed by atoms with van der Waals surface area (Å²) in [7, 11) is 0. The number of anilines is 1. The molecule has 0 radical (unpaired) electrons. The molecule has 0 saturated heterocycles. The zero-order chi connectivity index (χ0) is 12.0. The average molecular weight is 251 g/mol. The highest BCUT2D eigenvalue weighted by Crippen LogP contribution is 2.51. The van der Waals surface area contributed by atoms with Gasteiger partial charge in [0.25, 0.3) is 5.91 Å². The van der Waals surface area contributed by atoms with Crippen LogP contribution >= 0.6 is 11.8 Å². The second-order valence-corrected chi connectivity index (χ2v) is 4.35. The Morgan fingerprint density at radius 3 is 2.50 bits per heavy atom. The van der Waals surface area contributed by atoms with Crippen LogP contribution < -0.4 is 5.32 Å². The van der Waals surface area contributed by atoms with Gasteiger partial charge in [-0.3, -0.25) is 4.79 Å². The number of alkyl halides is 4. The van der Waals surface area contributed by atoms with Gasteiger partial charge in [-0.15, -0.1) is 0 Å². The molecule has 1 unspecified atom stereocenters. The minimum atomic E-state index is -5.24. The number of benzene rings is 1. The molecule has 1 aromatic rings. The highest BCUT2D eigenvalue weighted by molar-refractivity contribution is 8.01. The van der Waals surface area contributed by atoms with Crippen molar-refractivity contribution in [3.63, 3.8) is 0 Å². The van der Waals surface area contributed by atoms with E-state index in [0.717, 1.165) is 0 Å². The molecule has 1 amide bonds. The first-order chi connectivity index (χ1) is 7.34. The number of para-hydroxylation sites is 1. The summed E-state index contributed by atoms with van der Waals surface area (Å²) < 4.78 is 50.8.